The van der Waals surface area contributed by atoms with Gasteiger partial charge in [-0.1, -0.05) is 17.7 Å². The number of amides is 1. The summed E-state index contributed by atoms with van der Waals surface area (Å²) in [6.07, 6.45) is 2.17. The number of rotatable bonds is 2. The Morgan fingerprint density at radius 3 is 2.64 bits per heavy atom. The molecule has 2 aliphatic rings. The summed E-state index contributed by atoms with van der Waals surface area (Å²) in [5, 5.41) is 0.765. The molecule has 0 aromatic heterocycles. The van der Waals surface area contributed by atoms with Crippen molar-refractivity contribution >= 4 is 23.2 Å². The number of carbonyl (C=O) groups is 1. The number of piperazine rings is 1. The largest absolute Gasteiger partial charge is 0.368 e. The number of halogens is 1. The number of hydrogen-bond donors (Lipinski definition) is 0. The topological polar surface area (TPSA) is 26.8 Å². The minimum Gasteiger partial charge on any atom is -0.368 e. The molecule has 2 heterocycles. The fraction of sp³-hybridized carbons (Fsp3) is 0.588. The molecule has 1 atom stereocenters. The first-order valence-corrected chi connectivity index (χ1v) is 8.49. The first-order chi connectivity index (χ1) is 10.6. The molecule has 2 saturated heterocycles. The van der Waals surface area contributed by atoms with E-state index in [4.69, 9.17) is 11.6 Å². The van der Waals surface area contributed by atoms with Crippen molar-refractivity contribution in [2.24, 2.45) is 5.92 Å². The van der Waals surface area contributed by atoms with Gasteiger partial charge in [-0.3, -0.25) is 4.79 Å². The number of carbonyl (C=O) groups excluding carboxylic acids is 1. The molecule has 1 aromatic carbocycles. The molecule has 5 heteroatoms. The molecule has 1 aromatic rings. The maximum Gasteiger partial charge on any atom is 0.227 e. The Kier molecular flexibility index (Phi) is 4.89. The molecular formula is C17H24ClN3O. The summed E-state index contributed by atoms with van der Waals surface area (Å²) < 4.78 is 0. The number of piperidine rings is 1. The molecule has 2 aliphatic heterocycles. The van der Waals surface area contributed by atoms with Crippen LogP contribution >= 0.6 is 11.6 Å². The molecule has 0 bridgehead atoms. The van der Waals surface area contributed by atoms with Gasteiger partial charge in [-0.25, -0.2) is 0 Å². The lowest BCUT2D eigenvalue weighted by Gasteiger charge is -2.39. The third kappa shape index (κ3) is 3.55. The molecule has 3 rings (SSSR count). The van der Waals surface area contributed by atoms with Gasteiger partial charge in [0.2, 0.25) is 5.91 Å². The third-order valence-electron chi connectivity index (χ3n) is 4.74. The van der Waals surface area contributed by atoms with Gasteiger partial charge in [0.1, 0.15) is 0 Å². The van der Waals surface area contributed by atoms with Crippen LogP contribution in [0.5, 0.6) is 0 Å². The van der Waals surface area contributed by atoms with Gasteiger partial charge in [-0.05, 0) is 44.6 Å². The second kappa shape index (κ2) is 6.88. The van der Waals surface area contributed by atoms with Gasteiger partial charge in [0.25, 0.3) is 0 Å². The number of nitrogens with zero attached hydrogens (tertiary/aromatic N) is 3. The highest BCUT2D eigenvalue weighted by atomic mass is 35.5. The molecule has 0 saturated carbocycles. The van der Waals surface area contributed by atoms with E-state index >= 15 is 0 Å². The lowest BCUT2D eigenvalue weighted by atomic mass is 9.96. The van der Waals surface area contributed by atoms with Crippen molar-refractivity contribution in [1.82, 2.24) is 9.80 Å². The molecule has 0 aliphatic carbocycles. The van der Waals surface area contributed by atoms with Crippen LogP contribution in [0.2, 0.25) is 5.02 Å². The second-order valence-corrected chi connectivity index (χ2v) is 6.83. The first kappa shape index (κ1) is 15.6. The molecule has 0 unspecified atom stereocenters. The maximum absolute atomic E-state index is 12.7. The minimum absolute atomic E-state index is 0.191. The van der Waals surface area contributed by atoms with Gasteiger partial charge in [0.15, 0.2) is 0 Å². The Morgan fingerprint density at radius 2 is 1.95 bits per heavy atom. The van der Waals surface area contributed by atoms with E-state index in [1.165, 1.54) is 0 Å². The van der Waals surface area contributed by atoms with Crippen molar-refractivity contribution in [3.05, 3.63) is 29.3 Å². The number of hydrogen-bond acceptors (Lipinski definition) is 3. The molecule has 22 heavy (non-hydrogen) atoms. The predicted octanol–water partition coefficient (Wildman–Crippen LogP) is 2.33. The molecule has 120 valence electrons. The van der Waals surface area contributed by atoms with Gasteiger partial charge in [0.05, 0.1) is 5.92 Å². The zero-order valence-electron chi connectivity index (χ0n) is 13.2. The Balaban J connectivity index is 1.56. The fourth-order valence-electron chi connectivity index (χ4n) is 3.48. The lowest BCUT2D eigenvalue weighted by molar-refractivity contribution is -0.137. The zero-order valence-corrected chi connectivity index (χ0v) is 13.9. The Hall–Kier alpha value is -1.26. The zero-order chi connectivity index (χ0) is 15.5. The summed E-state index contributed by atoms with van der Waals surface area (Å²) in [6, 6.07) is 7.95. The van der Waals surface area contributed by atoms with Crippen LogP contribution in [0.25, 0.3) is 0 Å². The summed E-state index contributed by atoms with van der Waals surface area (Å²) >= 11 is 6.06. The maximum atomic E-state index is 12.7. The van der Waals surface area contributed by atoms with Crippen LogP contribution in [0.1, 0.15) is 12.8 Å². The number of anilines is 1. The van der Waals surface area contributed by atoms with Gasteiger partial charge in [-0.2, -0.15) is 0 Å². The van der Waals surface area contributed by atoms with E-state index in [-0.39, 0.29) is 5.92 Å². The van der Waals surface area contributed by atoms with Crippen LogP contribution in [0.4, 0.5) is 5.69 Å². The second-order valence-electron chi connectivity index (χ2n) is 6.39. The monoisotopic (exact) mass is 321 g/mol. The molecule has 0 N–H and O–H groups in total. The van der Waals surface area contributed by atoms with Crippen LogP contribution < -0.4 is 4.90 Å². The SMILES string of the molecule is CN1CCC[C@@H](C(=O)N2CCN(c3cccc(Cl)c3)CC2)C1. The predicted molar refractivity (Wildman–Crippen MR) is 90.5 cm³/mol. The smallest absolute Gasteiger partial charge is 0.227 e. The molecular weight excluding hydrogens is 298 g/mol. The lowest BCUT2D eigenvalue weighted by Crippen LogP contribution is -2.52. The Bertz CT molecular complexity index is 528. The van der Waals surface area contributed by atoms with Crippen molar-refractivity contribution in [3.63, 3.8) is 0 Å². The summed E-state index contributed by atoms with van der Waals surface area (Å²) in [4.78, 5) is 19.3. The van der Waals surface area contributed by atoms with Crippen molar-refractivity contribution < 1.29 is 4.79 Å². The summed E-state index contributed by atoms with van der Waals surface area (Å²) in [5.74, 6) is 0.536. The van der Waals surface area contributed by atoms with Crippen LogP contribution in [0.15, 0.2) is 24.3 Å². The Morgan fingerprint density at radius 1 is 1.18 bits per heavy atom. The molecule has 2 fully saturated rings. The number of likely N-dealkylation sites (tertiary alicyclic amines) is 1. The van der Waals surface area contributed by atoms with E-state index in [1.54, 1.807) is 0 Å². The molecule has 0 radical (unpaired) electrons. The first-order valence-electron chi connectivity index (χ1n) is 8.11. The van der Waals surface area contributed by atoms with Crippen LogP contribution in [-0.2, 0) is 4.79 Å². The minimum atomic E-state index is 0.191. The molecule has 0 spiro atoms. The molecule has 4 nitrogen and oxygen atoms in total. The van der Waals surface area contributed by atoms with E-state index in [2.05, 4.69) is 22.9 Å². The average molecular weight is 322 g/mol. The summed E-state index contributed by atoms with van der Waals surface area (Å²) in [6.45, 7) is 5.42. The summed E-state index contributed by atoms with van der Waals surface area (Å²) in [5.41, 5.74) is 1.15. The van der Waals surface area contributed by atoms with Crippen LogP contribution in [0.3, 0.4) is 0 Å². The summed E-state index contributed by atoms with van der Waals surface area (Å²) in [7, 11) is 2.11. The highest BCUT2D eigenvalue weighted by Gasteiger charge is 2.30. The van der Waals surface area contributed by atoms with Crippen LogP contribution in [0, 0.1) is 5.92 Å². The quantitative estimate of drug-likeness (QED) is 0.836. The highest BCUT2D eigenvalue weighted by molar-refractivity contribution is 6.30. The third-order valence-corrected chi connectivity index (χ3v) is 4.97. The Labute approximate surface area is 137 Å². The number of benzene rings is 1. The van der Waals surface area contributed by atoms with E-state index in [0.717, 1.165) is 62.8 Å². The molecule has 1 amide bonds. The van der Waals surface area contributed by atoms with Crippen molar-refractivity contribution in [2.45, 2.75) is 12.8 Å². The van der Waals surface area contributed by atoms with E-state index in [0.29, 0.717) is 5.91 Å². The van der Waals surface area contributed by atoms with E-state index in [9.17, 15) is 4.79 Å². The van der Waals surface area contributed by atoms with Crippen molar-refractivity contribution in [1.29, 1.82) is 0 Å². The van der Waals surface area contributed by atoms with E-state index in [1.807, 2.05) is 23.1 Å². The van der Waals surface area contributed by atoms with Gasteiger partial charge in [-0.15, -0.1) is 0 Å². The normalized spacial score (nSPS) is 23.6. The van der Waals surface area contributed by atoms with Gasteiger partial charge < -0.3 is 14.7 Å². The highest BCUT2D eigenvalue weighted by Crippen LogP contribution is 2.22. The van der Waals surface area contributed by atoms with Gasteiger partial charge >= 0.3 is 0 Å². The van der Waals surface area contributed by atoms with Crippen molar-refractivity contribution in [3.8, 4) is 0 Å². The average Bonchev–Trinajstić information content (AvgIpc) is 2.54. The van der Waals surface area contributed by atoms with Gasteiger partial charge in [0, 0.05) is 43.4 Å². The van der Waals surface area contributed by atoms with E-state index < -0.39 is 0 Å². The fourth-order valence-corrected chi connectivity index (χ4v) is 3.67. The standard InChI is InChI=1S/C17H24ClN3O/c1-19-7-3-4-14(13-19)17(22)21-10-8-20(9-11-21)16-6-2-5-15(18)12-16/h2,5-6,12,14H,3-4,7-11,13H2,1H3/t14-/m1/s1. The van der Waals surface area contributed by atoms with Crippen LogP contribution in [-0.4, -0.2) is 62.0 Å². The van der Waals surface area contributed by atoms with Crippen molar-refractivity contribution in [2.75, 3.05) is 51.2 Å².